The van der Waals surface area contributed by atoms with Gasteiger partial charge in [-0.2, -0.15) is 0 Å². The Morgan fingerprint density at radius 2 is 1.79 bits per heavy atom. The molecule has 0 spiro atoms. The van der Waals surface area contributed by atoms with E-state index in [0.29, 0.717) is 0 Å². The molecule has 2 aromatic rings. The van der Waals surface area contributed by atoms with E-state index in [1.165, 1.54) is 6.42 Å². The van der Waals surface area contributed by atoms with E-state index in [4.69, 9.17) is 14.2 Å². The van der Waals surface area contributed by atoms with Gasteiger partial charge in [-0.3, -0.25) is 9.59 Å². The smallest absolute Gasteiger partial charge is 0.324 e. The molecule has 6 nitrogen and oxygen atoms in total. The van der Waals surface area contributed by atoms with Crippen molar-refractivity contribution in [3.63, 3.8) is 0 Å². The monoisotopic (exact) mass is 385 g/mol. The number of esters is 2. The summed E-state index contributed by atoms with van der Waals surface area (Å²) in [5, 5.41) is 0.922. The Morgan fingerprint density at radius 1 is 1.11 bits per heavy atom. The number of cyclic esters (lactones) is 2. The van der Waals surface area contributed by atoms with Crippen LogP contribution in [0.4, 0.5) is 0 Å². The summed E-state index contributed by atoms with van der Waals surface area (Å²) in [5.41, 5.74) is 1.85. The fourth-order valence-electron chi connectivity index (χ4n) is 4.83. The van der Waals surface area contributed by atoms with Gasteiger partial charge in [0, 0.05) is 36.9 Å². The van der Waals surface area contributed by atoms with E-state index in [0.717, 1.165) is 47.9 Å². The molecular weight excluding hydrogens is 358 g/mol. The number of hydrogen-bond donors (Lipinski definition) is 1. The second-order valence-corrected chi connectivity index (χ2v) is 8.27. The molecule has 1 aromatic heterocycles. The molecule has 0 amide bonds. The van der Waals surface area contributed by atoms with E-state index in [1.807, 2.05) is 24.4 Å². The fourth-order valence-corrected chi connectivity index (χ4v) is 4.83. The molecule has 6 heteroatoms. The summed E-state index contributed by atoms with van der Waals surface area (Å²) in [7, 11) is 1.63. The van der Waals surface area contributed by atoms with Crippen LogP contribution in [0.5, 0.6) is 5.75 Å². The van der Waals surface area contributed by atoms with Crippen LogP contribution in [0.25, 0.3) is 10.9 Å². The molecule has 1 N–H and O–H groups in total. The van der Waals surface area contributed by atoms with Gasteiger partial charge in [-0.25, -0.2) is 0 Å². The lowest BCUT2D eigenvalue weighted by molar-refractivity contribution is -0.241. The van der Waals surface area contributed by atoms with Crippen LogP contribution in [0.2, 0.25) is 0 Å². The van der Waals surface area contributed by atoms with E-state index in [-0.39, 0.29) is 11.8 Å². The highest BCUT2D eigenvalue weighted by Crippen LogP contribution is 2.47. The molecule has 1 aliphatic carbocycles. The van der Waals surface area contributed by atoms with Gasteiger partial charge in [0.1, 0.15) is 5.75 Å². The van der Waals surface area contributed by atoms with Crippen molar-refractivity contribution < 1.29 is 23.8 Å². The molecule has 28 heavy (non-hydrogen) atoms. The SMILES string of the molecule is COc1cccc2[nH]cc(C(C3CCCCC3)C3C(=O)OC(C)(C)OC3=O)c12. The van der Waals surface area contributed by atoms with Gasteiger partial charge in [0.25, 0.3) is 5.79 Å². The molecule has 2 fully saturated rings. The summed E-state index contributed by atoms with van der Waals surface area (Å²) < 4.78 is 16.5. The minimum absolute atomic E-state index is 0.212. The minimum atomic E-state index is -1.22. The van der Waals surface area contributed by atoms with Gasteiger partial charge < -0.3 is 19.2 Å². The van der Waals surface area contributed by atoms with Crippen LogP contribution in [0, 0.1) is 11.8 Å². The molecular formula is C22H27NO5. The highest BCUT2D eigenvalue weighted by atomic mass is 16.7. The van der Waals surface area contributed by atoms with Crippen LogP contribution in [0.3, 0.4) is 0 Å². The summed E-state index contributed by atoms with van der Waals surface area (Å²) in [4.78, 5) is 29.1. The van der Waals surface area contributed by atoms with Crippen molar-refractivity contribution in [1.29, 1.82) is 0 Å². The lowest BCUT2D eigenvalue weighted by atomic mass is 9.70. The van der Waals surface area contributed by atoms with Gasteiger partial charge in [-0.1, -0.05) is 25.3 Å². The number of hydrogen-bond acceptors (Lipinski definition) is 5. The highest BCUT2D eigenvalue weighted by molar-refractivity contribution is 5.99. The maximum atomic E-state index is 12.9. The van der Waals surface area contributed by atoms with Crippen molar-refractivity contribution in [3.8, 4) is 5.75 Å². The van der Waals surface area contributed by atoms with Crippen LogP contribution in [-0.4, -0.2) is 29.8 Å². The summed E-state index contributed by atoms with van der Waals surface area (Å²) in [6.45, 7) is 3.17. The first-order valence-electron chi connectivity index (χ1n) is 10.0. The molecule has 1 atom stereocenters. The second-order valence-electron chi connectivity index (χ2n) is 8.27. The number of methoxy groups -OCH3 is 1. The molecule has 0 bridgehead atoms. The molecule has 1 unspecified atom stereocenters. The third kappa shape index (κ3) is 3.25. The molecule has 150 valence electrons. The number of nitrogens with one attached hydrogen (secondary N) is 1. The van der Waals surface area contributed by atoms with Crippen molar-refractivity contribution in [2.24, 2.45) is 11.8 Å². The van der Waals surface area contributed by atoms with Crippen LogP contribution in [0.15, 0.2) is 24.4 Å². The van der Waals surface area contributed by atoms with Crippen molar-refractivity contribution in [2.45, 2.75) is 57.7 Å². The van der Waals surface area contributed by atoms with Gasteiger partial charge in [-0.05, 0) is 36.5 Å². The summed E-state index contributed by atoms with van der Waals surface area (Å²) in [5.74, 6) is -2.54. The van der Waals surface area contributed by atoms with Crippen molar-refractivity contribution in [2.75, 3.05) is 7.11 Å². The minimum Gasteiger partial charge on any atom is -0.496 e. The predicted octanol–water partition coefficient (Wildman–Crippen LogP) is 4.29. The molecule has 2 heterocycles. The van der Waals surface area contributed by atoms with Crippen molar-refractivity contribution in [1.82, 2.24) is 4.98 Å². The molecule has 1 aliphatic heterocycles. The highest BCUT2D eigenvalue weighted by Gasteiger charge is 2.50. The normalized spacial score (nSPS) is 22.0. The zero-order valence-corrected chi connectivity index (χ0v) is 16.6. The van der Waals surface area contributed by atoms with Crippen LogP contribution >= 0.6 is 0 Å². The molecule has 4 rings (SSSR count). The Labute approximate surface area is 164 Å². The van der Waals surface area contributed by atoms with Gasteiger partial charge >= 0.3 is 11.9 Å². The largest absolute Gasteiger partial charge is 0.496 e. The number of benzene rings is 1. The fraction of sp³-hybridized carbons (Fsp3) is 0.545. The van der Waals surface area contributed by atoms with Gasteiger partial charge in [-0.15, -0.1) is 0 Å². The first-order valence-corrected chi connectivity index (χ1v) is 10.0. The van der Waals surface area contributed by atoms with Crippen LogP contribution in [-0.2, 0) is 19.1 Å². The lowest BCUT2D eigenvalue weighted by Crippen LogP contribution is -2.49. The molecule has 1 saturated carbocycles. The zero-order valence-electron chi connectivity index (χ0n) is 16.6. The summed E-state index contributed by atoms with van der Waals surface area (Å²) >= 11 is 0. The van der Waals surface area contributed by atoms with E-state index in [1.54, 1.807) is 21.0 Å². The number of aromatic nitrogens is 1. The number of carbonyl (C=O) groups is 2. The average molecular weight is 385 g/mol. The van der Waals surface area contributed by atoms with E-state index in [2.05, 4.69) is 4.98 Å². The third-order valence-corrected chi connectivity index (χ3v) is 5.99. The predicted molar refractivity (Wildman–Crippen MR) is 104 cm³/mol. The third-order valence-electron chi connectivity index (χ3n) is 5.99. The van der Waals surface area contributed by atoms with Gasteiger partial charge in [0.05, 0.1) is 7.11 Å². The second kappa shape index (κ2) is 7.15. The standard InChI is InChI=1S/C22H27NO5/c1-22(2)27-20(24)19(21(25)28-22)17(13-8-5-4-6-9-13)14-12-23-15-10-7-11-16(26-3)18(14)15/h7,10-13,17,19,23H,4-6,8-9H2,1-3H3. The zero-order chi connectivity index (χ0) is 19.9. The van der Waals surface area contributed by atoms with Gasteiger partial charge in [0.15, 0.2) is 5.92 Å². The van der Waals surface area contributed by atoms with E-state index >= 15 is 0 Å². The first-order chi connectivity index (χ1) is 13.4. The molecule has 1 saturated heterocycles. The maximum Gasteiger partial charge on any atom is 0.324 e. The van der Waals surface area contributed by atoms with Crippen molar-refractivity contribution in [3.05, 3.63) is 30.0 Å². The molecule has 0 radical (unpaired) electrons. The van der Waals surface area contributed by atoms with Crippen LogP contribution < -0.4 is 4.74 Å². The van der Waals surface area contributed by atoms with E-state index < -0.39 is 23.6 Å². The Kier molecular flexibility index (Phi) is 4.81. The van der Waals surface area contributed by atoms with Crippen molar-refractivity contribution >= 4 is 22.8 Å². The quantitative estimate of drug-likeness (QED) is 0.627. The number of carbonyl (C=O) groups excluding carboxylic acids is 2. The summed E-state index contributed by atoms with van der Waals surface area (Å²) in [6, 6.07) is 5.79. The number of fused-ring (bicyclic) bond motifs is 1. The van der Waals surface area contributed by atoms with E-state index in [9.17, 15) is 9.59 Å². The topological polar surface area (TPSA) is 77.6 Å². The molecule has 2 aliphatic rings. The first kappa shape index (κ1) is 18.8. The van der Waals surface area contributed by atoms with Crippen LogP contribution in [0.1, 0.15) is 57.4 Å². The average Bonchev–Trinajstić information content (AvgIpc) is 3.08. The number of rotatable bonds is 4. The Balaban J connectivity index is 1.84. The Bertz CT molecular complexity index is 873. The number of ether oxygens (including phenoxy) is 3. The molecule has 1 aromatic carbocycles. The maximum absolute atomic E-state index is 12.9. The number of H-pyrrole nitrogens is 1. The number of aromatic amines is 1. The van der Waals surface area contributed by atoms with Gasteiger partial charge in [0.2, 0.25) is 0 Å². The lowest BCUT2D eigenvalue weighted by Gasteiger charge is -2.39. The Hall–Kier alpha value is -2.50. The summed E-state index contributed by atoms with van der Waals surface area (Å²) in [6.07, 6.45) is 7.26. The Morgan fingerprint density at radius 3 is 2.43 bits per heavy atom.